The van der Waals surface area contributed by atoms with E-state index in [0.29, 0.717) is 17.8 Å². The molecule has 3 aromatic rings. The van der Waals surface area contributed by atoms with Gasteiger partial charge < -0.3 is 24.8 Å². The van der Waals surface area contributed by atoms with Gasteiger partial charge in [-0.25, -0.2) is 23.1 Å². The first-order valence-electron chi connectivity index (χ1n) is 10.5. The summed E-state index contributed by atoms with van der Waals surface area (Å²) in [5.74, 6) is -0.793. The van der Waals surface area contributed by atoms with Crippen LogP contribution in [0, 0.1) is 12.7 Å². The Kier molecular flexibility index (Phi) is 5.31. The van der Waals surface area contributed by atoms with Gasteiger partial charge in [-0.1, -0.05) is 0 Å². The summed E-state index contributed by atoms with van der Waals surface area (Å²) < 4.78 is 49.2. The third kappa shape index (κ3) is 3.33. The molecular formula is C22H23F3N4O3. The lowest BCUT2D eigenvalue weighted by Crippen LogP contribution is -2.35. The van der Waals surface area contributed by atoms with Gasteiger partial charge in [0.25, 0.3) is 6.43 Å². The van der Waals surface area contributed by atoms with E-state index in [9.17, 15) is 23.4 Å². The minimum atomic E-state index is -2.99. The van der Waals surface area contributed by atoms with E-state index in [4.69, 9.17) is 4.74 Å². The van der Waals surface area contributed by atoms with Crippen molar-refractivity contribution in [3.8, 4) is 5.75 Å². The third-order valence-electron chi connectivity index (χ3n) is 6.50. The highest BCUT2D eigenvalue weighted by Gasteiger charge is 2.45. The standard InChI is InChI=1S/C22H23F3N4O3/c1-10-11-3-5-29(22(11)28-9-27-10)15-7-17(20(31)19(15)30)32-16-6-13(21(24)25)18(23)12-2-4-26-8-14(12)16/h3,5-6,9,15,17,19-21,26,30-31H,2,4,7-8H2,1H3/t15-,17+,19?,20-/m1/s1. The topological polar surface area (TPSA) is 92.4 Å². The van der Waals surface area contributed by atoms with Gasteiger partial charge in [-0.15, -0.1) is 0 Å². The number of alkyl halides is 2. The number of aromatic nitrogens is 3. The monoisotopic (exact) mass is 448 g/mol. The van der Waals surface area contributed by atoms with E-state index < -0.39 is 42.2 Å². The fourth-order valence-electron chi connectivity index (χ4n) is 4.78. The fraction of sp³-hybridized carbons (Fsp3) is 0.455. The van der Waals surface area contributed by atoms with Gasteiger partial charge in [0.15, 0.2) is 0 Å². The molecule has 1 aromatic carbocycles. The maximum atomic E-state index is 14.6. The van der Waals surface area contributed by atoms with Gasteiger partial charge in [0.2, 0.25) is 0 Å². The van der Waals surface area contributed by atoms with Gasteiger partial charge in [-0.2, -0.15) is 0 Å². The molecule has 0 amide bonds. The Bertz CT molecular complexity index is 1170. The second kappa shape index (κ2) is 8.02. The predicted octanol–water partition coefficient (Wildman–Crippen LogP) is 2.58. The van der Waals surface area contributed by atoms with Crippen LogP contribution in [0.3, 0.4) is 0 Å². The van der Waals surface area contributed by atoms with Crippen LogP contribution >= 0.6 is 0 Å². The van der Waals surface area contributed by atoms with Crippen LogP contribution in [0.15, 0.2) is 24.7 Å². The van der Waals surface area contributed by atoms with Crippen molar-refractivity contribution in [3.63, 3.8) is 0 Å². The molecule has 2 aliphatic rings. The lowest BCUT2D eigenvalue weighted by molar-refractivity contribution is -0.0167. The molecule has 3 N–H and O–H groups in total. The Labute approximate surface area is 181 Å². The molecule has 0 radical (unpaired) electrons. The van der Waals surface area contributed by atoms with Crippen molar-refractivity contribution in [2.24, 2.45) is 0 Å². The zero-order valence-corrected chi connectivity index (χ0v) is 17.3. The first-order valence-corrected chi connectivity index (χ1v) is 10.5. The summed E-state index contributed by atoms with van der Waals surface area (Å²) in [6, 6.07) is 2.32. The first-order chi connectivity index (χ1) is 15.4. The first kappa shape index (κ1) is 21.2. The Balaban J connectivity index is 1.48. The fourth-order valence-corrected chi connectivity index (χ4v) is 4.78. The molecule has 5 rings (SSSR count). The average Bonchev–Trinajstić information content (AvgIpc) is 3.33. The van der Waals surface area contributed by atoms with Crippen molar-refractivity contribution in [2.75, 3.05) is 6.54 Å². The molecule has 1 aliphatic carbocycles. The zero-order chi connectivity index (χ0) is 22.6. The number of nitrogens with zero attached hydrogens (tertiary/aromatic N) is 3. The van der Waals surface area contributed by atoms with Gasteiger partial charge in [0.05, 0.1) is 17.3 Å². The molecule has 10 heteroatoms. The van der Waals surface area contributed by atoms with Crippen LogP contribution in [-0.2, 0) is 13.0 Å². The molecule has 0 bridgehead atoms. The summed E-state index contributed by atoms with van der Waals surface area (Å²) in [5, 5.41) is 25.4. The maximum absolute atomic E-state index is 14.6. The van der Waals surface area contributed by atoms with Crippen molar-refractivity contribution < 1.29 is 28.1 Å². The van der Waals surface area contributed by atoms with Gasteiger partial charge >= 0.3 is 0 Å². The minimum Gasteiger partial charge on any atom is -0.487 e. The highest BCUT2D eigenvalue weighted by atomic mass is 19.3. The van der Waals surface area contributed by atoms with Gasteiger partial charge in [-0.3, -0.25) is 0 Å². The van der Waals surface area contributed by atoms with Crippen LogP contribution in [0.5, 0.6) is 5.75 Å². The van der Waals surface area contributed by atoms with Crippen molar-refractivity contribution in [3.05, 3.63) is 52.9 Å². The molecule has 1 fully saturated rings. The van der Waals surface area contributed by atoms with Crippen molar-refractivity contribution in [1.82, 2.24) is 19.9 Å². The Hall–Kier alpha value is -2.69. The number of halogens is 3. The maximum Gasteiger partial charge on any atom is 0.266 e. The zero-order valence-electron chi connectivity index (χ0n) is 17.3. The van der Waals surface area contributed by atoms with E-state index in [1.807, 2.05) is 13.0 Å². The number of aliphatic hydroxyl groups is 2. The largest absolute Gasteiger partial charge is 0.487 e. The summed E-state index contributed by atoms with van der Waals surface area (Å²) >= 11 is 0. The van der Waals surface area contributed by atoms with Crippen LogP contribution in [0.4, 0.5) is 13.2 Å². The van der Waals surface area contributed by atoms with Gasteiger partial charge in [-0.05, 0) is 37.6 Å². The van der Waals surface area contributed by atoms with Crippen LogP contribution in [0.1, 0.15) is 41.3 Å². The van der Waals surface area contributed by atoms with Crippen LogP contribution in [0.25, 0.3) is 11.0 Å². The molecule has 2 aromatic heterocycles. The molecule has 32 heavy (non-hydrogen) atoms. The smallest absolute Gasteiger partial charge is 0.266 e. The van der Waals surface area contributed by atoms with E-state index in [1.165, 1.54) is 6.33 Å². The number of hydrogen-bond donors (Lipinski definition) is 3. The Morgan fingerprint density at radius 1 is 1.22 bits per heavy atom. The number of nitrogens with one attached hydrogen (secondary N) is 1. The lowest BCUT2D eigenvalue weighted by atomic mass is 9.96. The summed E-state index contributed by atoms with van der Waals surface area (Å²) in [5.41, 5.74) is 1.38. The molecule has 170 valence electrons. The third-order valence-corrected chi connectivity index (χ3v) is 6.50. The predicted molar refractivity (Wildman–Crippen MR) is 109 cm³/mol. The Morgan fingerprint density at radius 2 is 2.03 bits per heavy atom. The summed E-state index contributed by atoms with van der Waals surface area (Å²) in [7, 11) is 0. The molecule has 1 saturated carbocycles. The number of hydrogen-bond acceptors (Lipinski definition) is 6. The van der Waals surface area contributed by atoms with Crippen LogP contribution in [0.2, 0.25) is 0 Å². The molecule has 0 spiro atoms. The van der Waals surface area contributed by atoms with Gasteiger partial charge in [0.1, 0.15) is 41.9 Å². The highest BCUT2D eigenvalue weighted by Crippen LogP contribution is 2.39. The quantitative estimate of drug-likeness (QED) is 0.568. The number of rotatable bonds is 4. The van der Waals surface area contributed by atoms with E-state index in [2.05, 4.69) is 15.3 Å². The summed E-state index contributed by atoms with van der Waals surface area (Å²) in [4.78, 5) is 8.46. The molecule has 0 saturated heterocycles. The summed E-state index contributed by atoms with van der Waals surface area (Å²) in [6.45, 7) is 2.61. The SMILES string of the molecule is Cc1ncnc2c1ccn2[C@@H]1C[C@H](Oc2cc(C(F)F)c(F)c3c2CNCC3)[C@@H](O)C1O. The number of benzene rings is 1. The number of aryl methyl sites for hydroxylation is 1. The van der Waals surface area contributed by atoms with Crippen molar-refractivity contribution >= 4 is 11.0 Å². The van der Waals surface area contributed by atoms with E-state index in [-0.39, 0.29) is 30.7 Å². The molecule has 1 aliphatic heterocycles. The van der Waals surface area contributed by atoms with E-state index in [0.717, 1.165) is 17.1 Å². The van der Waals surface area contributed by atoms with Crippen LogP contribution in [-0.4, -0.2) is 49.6 Å². The van der Waals surface area contributed by atoms with E-state index >= 15 is 0 Å². The lowest BCUT2D eigenvalue weighted by Gasteiger charge is -2.26. The van der Waals surface area contributed by atoms with E-state index in [1.54, 1.807) is 10.8 Å². The molecule has 4 atom stereocenters. The summed E-state index contributed by atoms with van der Waals surface area (Å²) in [6.07, 6.45) is -2.57. The van der Waals surface area contributed by atoms with Crippen molar-refractivity contribution in [1.29, 1.82) is 0 Å². The minimum absolute atomic E-state index is 0.108. The van der Waals surface area contributed by atoms with Crippen LogP contribution < -0.4 is 10.1 Å². The molecular weight excluding hydrogens is 425 g/mol. The number of fused-ring (bicyclic) bond motifs is 2. The number of ether oxygens (including phenoxy) is 1. The molecule has 1 unspecified atom stereocenters. The highest BCUT2D eigenvalue weighted by molar-refractivity contribution is 5.78. The van der Waals surface area contributed by atoms with Gasteiger partial charge in [0, 0.05) is 30.1 Å². The number of aliphatic hydroxyl groups excluding tert-OH is 2. The average molecular weight is 448 g/mol. The van der Waals surface area contributed by atoms with Crippen molar-refractivity contribution in [2.45, 2.75) is 57.1 Å². The molecule has 3 heterocycles. The molecule has 7 nitrogen and oxygen atoms in total. The normalized spacial score (nSPS) is 25.5. The Morgan fingerprint density at radius 3 is 2.81 bits per heavy atom. The second-order valence-corrected chi connectivity index (χ2v) is 8.32. The second-order valence-electron chi connectivity index (χ2n) is 8.32.